The number of nitrogens with two attached hydrogens (primary N) is 1. The van der Waals surface area contributed by atoms with E-state index in [1.165, 1.54) is 0 Å². The fourth-order valence-electron chi connectivity index (χ4n) is 4.22. The van der Waals surface area contributed by atoms with Crippen molar-refractivity contribution in [2.24, 2.45) is 0 Å². The Kier molecular flexibility index (Phi) is 4.59. The van der Waals surface area contributed by atoms with Crippen LogP contribution in [0.5, 0.6) is 11.5 Å². The van der Waals surface area contributed by atoms with Crippen LogP contribution in [0.1, 0.15) is 16.8 Å². The second kappa shape index (κ2) is 7.62. The average molecular weight is 446 g/mol. The van der Waals surface area contributed by atoms with Crippen LogP contribution in [-0.2, 0) is 19.5 Å². The van der Waals surface area contributed by atoms with Gasteiger partial charge in [-0.15, -0.1) is 0 Å². The molecule has 2 N–H and O–H groups in total. The molecule has 8 heteroatoms. The lowest BCUT2D eigenvalue weighted by atomic mass is 10.1. The molecule has 4 heterocycles. The lowest BCUT2D eigenvalue weighted by Gasteiger charge is -2.28. The van der Waals surface area contributed by atoms with Crippen molar-refractivity contribution in [1.82, 2.24) is 19.9 Å². The summed E-state index contributed by atoms with van der Waals surface area (Å²) in [6, 6.07) is 13.6. The molecular formula is C24H20ClN5O2. The molecule has 4 aromatic rings. The number of fused-ring (bicyclic) bond motifs is 3. The summed E-state index contributed by atoms with van der Waals surface area (Å²) in [4.78, 5) is 16.3. The number of aromatic nitrogens is 3. The second-order valence-electron chi connectivity index (χ2n) is 8.08. The number of pyridine rings is 1. The Morgan fingerprint density at radius 1 is 1.03 bits per heavy atom. The summed E-state index contributed by atoms with van der Waals surface area (Å²) in [6.45, 7) is 2.60. The molecule has 2 aromatic carbocycles. The summed E-state index contributed by atoms with van der Waals surface area (Å²) in [5.41, 5.74) is 11.5. The van der Waals surface area contributed by atoms with Crippen molar-refractivity contribution in [3.8, 4) is 22.9 Å². The SMILES string of the molecule is Nc1ccc(-c2ncc3c(n2)CCN(Cc2cc4cc5c(cc4nc2Cl)OCO5)C3)cc1. The predicted octanol–water partition coefficient (Wildman–Crippen LogP) is 4.21. The molecule has 0 aliphatic carbocycles. The van der Waals surface area contributed by atoms with Crippen LogP contribution in [0.25, 0.3) is 22.3 Å². The molecule has 2 aromatic heterocycles. The maximum atomic E-state index is 6.53. The zero-order valence-corrected chi connectivity index (χ0v) is 18.0. The van der Waals surface area contributed by atoms with Crippen LogP contribution in [0.15, 0.2) is 48.7 Å². The van der Waals surface area contributed by atoms with Gasteiger partial charge < -0.3 is 15.2 Å². The highest BCUT2D eigenvalue weighted by molar-refractivity contribution is 6.30. The number of nitrogen functional groups attached to an aromatic ring is 1. The van der Waals surface area contributed by atoms with E-state index in [4.69, 9.17) is 31.8 Å². The molecule has 7 nitrogen and oxygen atoms in total. The Balaban J connectivity index is 1.23. The number of anilines is 1. The molecule has 160 valence electrons. The zero-order valence-electron chi connectivity index (χ0n) is 17.2. The maximum Gasteiger partial charge on any atom is 0.231 e. The predicted molar refractivity (Wildman–Crippen MR) is 123 cm³/mol. The monoisotopic (exact) mass is 445 g/mol. The Labute approximate surface area is 189 Å². The lowest BCUT2D eigenvalue weighted by Crippen LogP contribution is -2.31. The largest absolute Gasteiger partial charge is 0.454 e. The van der Waals surface area contributed by atoms with Gasteiger partial charge in [0, 0.05) is 66.1 Å². The number of hydrogen-bond acceptors (Lipinski definition) is 7. The van der Waals surface area contributed by atoms with Crippen LogP contribution in [0.2, 0.25) is 5.15 Å². The van der Waals surface area contributed by atoms with Gasteiger partial charge in [-0.25, -0.2) is 15.0 Å². The van der Waals surface area contributed by atoms with Crippen molar-refractivity contribution < 1.29 is 9.47 Å². The van der Waals surface area contributed by atoms with Gasteiger partial charge in [0.2, 0.25) is 6.79 Å². The van der Waals surface area contributed by atoms with Gasteiger partial charge in [-0.2, -0.15) is 0 Å². The van der Waals surface area contributed by atoms with Crippen molar-refractivity contribution in [2.75, 3.05) is 19.1 Å². The van der Waals surface area contributed by atoms with Crippen molar-refractivity contribution >= 4 is 28.2 Å². The number of rotatable bonds is 3. The van der Waals surface area contributed by atoms with Gasteiger partial charge in [-0.1, -0.05) is 11.6 Å². The first-order valence-electron chi connectivity index (χ1n) is 10.4. The molecule has 0 radical (unpaired) electrons. The van der Waals surface area contributed by atoms with Gasteiger partial charge in [0.15, 0.2) is 17.3 Å². The summed E-state index contributed by atoms with van der Waals surface area (Å²) in [5.74, 6) is 2.19. The molecule has 0 amide bonds. The minimum absolute atomic E-state index is 0.238. The zero-order chi connectivity index (χ0) is 21.7. The van der Waals surface area contributed by atoms with Gasteiger partial charge in [-0.05, 0) is 36.4 Å². The number of hydrogen-bond donors (Lipinski definition) is 1. The van der Waals surface area contributed by atoms with Gasteiger partial charge in [0.25, 0.3) is 0 Å². The van der Waals surface area contributed by atoms with E-state index in [2.05, 4.69) is 20.9 Å². The van der Waals surface area contributed by atoms with E-state index in [0.29, 0.717) is 17.4 Å². The third-order valence-electron chi connectivity index (χ3n) is 5.91. The molecule has 2 aliphatic heterocycles. The van der Waals surface area contributed by atoms with Crippen LogP contribution in [0.4, 0.5) is 5.69 Å². The van der Waals surface area contributed by atoms with Crippen LogP contribution in [-0.4, -0.2) is 33.2 Å². The van der Waals surface area contributed by atoms with E-state index in [9.17, 15) is 0 Å². The topological polar surface area (TPSA) is 86.4 Å². The molecule has 0 atom stereocenters. The van der Waals surface area contributed by atoms with Crippen molar-refractivity contribution in [3.63, 3.8) is 0 Å². The number of nitrogens with zero attached hydrogens (tertiary/aromatic N) is 4. The summed E-state index contributed by atoms with van der Waals surface area (Å²) < 4.78 is 10.9. The van der Waals surface area contributed by atoms with E-state index in [1.54, 1.807) is 0 Å². The molecule has 0 bridgehead atoms. The van der Waals surface area contributed by atoms with Crippen LogP contribution >= 0.6 is 11.6 Å². The lowest BCUT2D eigenvalue weighted by molar-refractivity contribution is 0.174. The van der Waals surface area contributed by atoms with Crippen LogP contribution in [0.3, 0.4) is 0 Å². The van der Waals surface area contributed by atoms with Crippen LogP contribution < -0.4 is 15.2 Å². The van der Waals surface area contributed by atoms with E-state index in [-0.39, 0.29) is 6.79 Å². The first-order chi connectivity index (χ1) is 15.6. The first-order valence-corrected chi connectivity index (χ1v) is 10.8. The molecule has 0 saturated carbocycles. The van der Waals surface area contributed by atoms with E-state index in [1.807, 2.05) is 42.6 Å². The summed E-state index contributed by atoms with van der Waals surface area (Å²) in [6.07, 6.45) is 2.79. The van der Waals surface area contributed by atoms with Crippen molar-refractivity contribution in [1.29, 1.82) is 0 Å². The van der Waals surface area contributed by atoms with E-state index >= 15 is 0 Å². The standard InChI is InChI=1S/C24H20ClN5O2/c25-23-16(7-15-8-21-22(32-13-31-21)9-20(15)28-23)11-30-6-5-19-17(12-30)10-27-24(29-19)14-1-3-18(26)4-2-14/h1-4,7-10H,5-6,11-13,26H2. The van der Waals surface area contributed by atoms with Gasteiger partial charge in [-0.3, -0.25) is 4.90 Å². The van der Waals surface area contributed by atoms with Gasteiger partial charge >= 0.3 is 0 Å². The molecule has 0 saturated heterocycles. The smallest absolute Gasteiger partial charge is 0.231 e. The molecule has 0 spiro atoms. The molecular weight excluding hydrogens is 426 g/mol. The quantitative estimate of drug-likeness (QED) is 0.373. The fraction of sp³-hybridized carbons (Fsp3) is 0.208. The minimum atomic E-state index is 0.238. The minimum Gasteiger partial charge on any atom is -0.454 e. The Hall–Kier alpha value is -3.42. The van der Waals surface area contributed by atoms with Crippen LogP contribution in [0, 0.1) is 0 Å². The average Bonchev–Trinajstić information content (AvgIpc) is 3.25. The fourth-order valence-corrected chi connectivity index (χ4v) is 4.42. The third-order valence-corrected chi connectivity index (χ3v) is 6.24. The summed E-state index contributed by atoms with van der Waals surface area (Å²) in [7, 11) is 0. The van der Waals surface area contributed by atoms with E-state index in [0.717, 1.165) is 70.1 Å². The number of ether oxygens (including phenoxy) is 2. The normalized spacial score (nSPS) is 15.2. The maximum absolute atomic E-state index is 6.53. The first kappa shape index (κ1) is 19.3. The molecule has 6 rings (SSSR count). The Morgan fingerprint density at radius 2 is 1.84 bits per heavy atom. The highest BCUT2D eigenvalue weighted by atomic mass is 35.5. The number of halogens is 1. The van der Waals surface area contributed by atoms with Gasteiger partial charge in [0.05, 0.1) is 11.2 Å². The summed E-state index contributed by atoms with van der Waals surface area (Å²) >= 11 is 6.53. The highest BCUT2D eigenvalue weighted by Gasteiger charge is 2.21. The molecule has 2 aliphatic rings. The number of benzene rings is 2. The Bertz CT molecular complexity index is 1340. The van der Waals surface area contributed by atoms with Gasteiger partial charge in [0.1, 0.15) is 5.15 Å². The molecule has 0 unspecified atom stereocenters. The Morgan fingerprint density at radius 3 is 2.69 bits per heavy atom. The van der Waals surface area contributed by atoms with E-state index < -0.39 is 0 Å². The van der Waals surface area contributed by atoms with Crippen molar-refractivity contribution in [2.45, 2.75) is 19.5 Å². The van der Waals surface area contributed by atoms with Crippen molar-refractivity contribution in [3.05, 3.63) is 70.6 Å². The molecule has 32 heavy (non-hydrogen) atoms. The second-order valence-corrected chi connectivity index (χ2v) is 8.44. The molecule has 0 fully saturated rings. The third kappa shape index (κ3) is 3.49. The highest BCUT2D eigenvalue weighted by Crippen LogP contribution is 2.36. The summed E-state index contributed by atoms with van der Waals surface area (Å²) in [5, 5.41) is 1.50.